The van der Waals surface area contributed by atoms with Gasteiger partial charge in [0.25, 0.3) is 0 Å². The highest BCUT2D eigenvalue weighted by Gasteiger charge is 2.46. The van der Waals surface area contributed by atoms with E-state index in [4.69, 9.17) is 9.47 Å². The summed E-state index contributed by atoms with van der Waals surface area (Å²) in [7, 11) is 0. The highest BCUT2D eigenvalue weighted by atomic mass is 16.7. The van der Waals surface area contributed by atoms with Crippen molar-refractivity contribution >= 4 is 5.91 Å². The van der Waals surface area contributed by atoms with E-state index in [-0.39, 0.29) is 5.79 Å². The molecule has 2 heterocycles. The van der Waals surface area contributed by atoms with Crippen molar-refractivity contribution in [3.8, 4) is 0 Å². The zero-order chi connectivity index (χ0) is 11.9. The first-order chi connectivity index (χ1) is 8.24. The van der Waals surface area contributed by atoms with Gasteiger partial charge in [0.05, 0.1) is 13.2 Å². The number of hydrogen-bond acceptors (Lipinski definition) is 3. The number of piperidine rings is 1. The Morgan fingerprint density at radius 1 is 1.29 bits per heavy atom. The summed E-state index contributed by atoms with van der Waals surface area (Å²) in [6.07, 6.45) is 3.91. The Morgan fingerprint density at radius 3 is 2.47 bits per heavy atom. The van der Waals surface area contributed by atoms with E-state index in [9.17, 15) is 4.79 Å². The van der Waals surface area contributed by atoms with Gasteiger partial charge in [0.1, 0.15) is 0 Å². The molecule has 0 unspecified atom stereocenters. The lowest BCUT2D eigenvalue weighted by Crippen LogP contribution is -2.47. The van der Waals surface area contributed by atoms with E-state index in [0.29, 0.717) is 31.0 Å². The Labute approximate surface area is 102 Å². The molecule has 0 aromatic heterocycles. The van der Waals surface area contributed by atoms with Crippen LogP contribution in [0.1, 0.15) is 32.6 Å². The molecule has 2 atom stereocenters. The van der Waals surface area contributed by atoms with Gasteiger partial charge in [-0.2, -0.15) is 0 Å². The maximum atomic E-state index is 12.2. The second-order valence-corrected chi connectivity index (χ2v) is 5.44. The number of carbonyl (C=O) groups is 1. The lowest BCUT2D eigenvalue weighted by molar-refractivity contribution is -0.187. The maximum Gasteiger partial charge on any atom is 0.225 e. The second-order valence-electron chi connectivity index (χ2n) is 5.44. The lowest BCUT2D eigenvalue weighted by Gasteiger charge is -2.37. The van der Waals surface area contributed by atoms with Gasteiger partial charge < -0.3 is 14.4 Å². The van der Waals surface area contributed by atoms with Crippen molar-refractivity contribution in [3.63, 3.8) is 0 Å². The fraction of sp³-hybridized carbons (Fsp3) is 0.923. The van der Waals surface area contributed by atoms with Crippen LogP contribution in [0.25, 0.3) is 0 Å². The van der Waals surface area contributed by atoms with Crippen LogP contribution in [0.2, 0.25) is 0 Å². The van der Waals surface area contributed by atoms with Gasteiger partial charge in [-0.05, 0) is 12.3 Å². The Balaban J connectivity index is 1.53. The lowest BCUT2D eigenvalue weighted by atomic mass is 10.0. The maximum absolute atomic E-state index is 12.2. The SMILES string of the molecule is CC[C@@H]1C[C@H]1C(=O)N1CCC2(CC1)OCCO2. The molecule has 0 radical (unpaired) electrons. The predicted octanol–water partition coefficient (Wildman–Crippen LogP) is 1.40. The number of amides is 1. The topological polar surface area (TPSA) is 38.8 Å². The molecule has 4 nitrogen and oxygen atoms in total. The van der Waals surface area contributed by atoms with Crippen molar-refractivity contribution in [1.82, 2.24) is 4.90 Å². The molecular formula is C13H21NO3. The van der Waals surface area contributed by atoms with E-state index < -0.39 is 0 Å². The third-order valence-corrected chi connectivity index (χ3v) is 4.41. The van der Waals surface area contributed by atoms with E-state index in [1.54, 1.807) is 0 Å². The molecule has 96 valence electrons. The van der Waals surface area contributed by atoms with E-state index in [2.05, 4.69) is 6.92 Å². The zero-order valence-corrected chi connectivity index (χ0v) is 10.5. The molecule has 0 aromatic carbocycles. The molecule has 0 aromatic rings. The van der Waals surface area contributed by atoms with E-state index in [1.807, 2.05) is 4.90 Å². The molecule has 1 spiro atoms. The molecule has 0 N–H and O–H groups in total. The average molecular weight is 239 g/mol. The first-order valence-corrected chi connectivity index (χ1v) is 6.81. The van der Waals surface area contributed by atoms with E-state index in [1.165, 1.54) is 0 Å². The second kappa shape index (κ2) is 4.25. The van der Waals surface area contributed by atoms with Crippen molar-refractivity contribution in [2.24, 2.45) is 11.8 Å². The van der Waals surface area contributed by atoms with E-state index >= 15 is 0 Å². The summed E-state index contributed by atoms with van der Waals surface area (Å²) in [6, 6.07) is 0. The van der Waals surface area contributed by atoms with Gasteiger partial charge in [-0.3, -0.25) is 4.79 Å². The van der Waals surface area contributed by atoms with Crippen LogP contribution in [0.4, 0.5) is 0 Å². The van der Waals surface area contributed by atoms with Gasteiger partial charge in [0, 0.05) is 31.8 Å². The molecule has 3 aliphatic rings. The number of likely N-dealkylation sites (tertiary alicyclic amines) is 1. The predicted molar refractivity (Wildman–Crippen MR) is 62.3 cm³/mol. The van der Waals surface area contributed by atoms with E-state index in [0.717, 1.165) is 38.8 Å². The summed E-state index contributed by atoms with van der Waals surface area (Å²) >= 11 is 0. The minimum atomic E-state index is -0.357. The number of nitrogens with zero attached hydrogens (tertiary/aromatic N) is 1. The standard InChI is InChI=1S/C13H21NO3/c1-2-10-9-11(10)12(15)14-5-3-13(4-6-14)16-7-8-17-13/h10-11H,2-9H2,1H3/t10-,11-/m1/s1. The molecule has 3 rings (SSSR count). The van der Waals surface area contributed by atoms with Crippen LogP contribution >= 0.6 is 0 Å². The van der Waals surface area contributed by atoms with Crippen LogP contribution in [0.5, 0.6) is 0 Å². The fourth-order valence-corrected chi connectivity index (χ4v) is 3.09. The fourth-order valence-electron chi connectivity index (χ4n) is 3.09. The molecule has 1 aliphatic carbocycles. The third kappa shape index (κ3) is 2.08. The van der Waals surface area contributed by atoms with Crippen molar-refractivity contribution < 1.29 is 14.3 Å². The summed E-state index contributed by atoms with van der Waals surface area (Å²) in [5.74, 6) is 0.978. The Hall–Kier alpha value is -0.610. The Morgan fingerprint density at radius 2 is 1.94 bits per heavy atom. The Kier molecular flexibility index (Phi) is 2.87. The van der Waals surface area contributed by atoms with Crippen LogP contribution in [0, 0.1) is 11.8 Å². The van der Waals surface area contributed by atoms with Crippen LogP contribution in [0.15, 0.2) is 0 Å². The van der Waals surface area contributed by atoms with Crippen molar-refractivity contribution in [1.29, 1.82) is 0 Å². The number of rotatable bonds is 2. The molecule has 2 aliphatic heterocycles. The highest BCUT2D eigenvalue weighted by molar-refractivity contribution is 5.81. The van der Waals surface area contributed by atoms with Crippen molar-refractivity contribution in [2.45, 2.75) is 38.4 Å². The monoisotopic (exact) mass is 239 g/mol. The number of ether oxygens (including phenoxy) is 2. The van der Waals surface area contributed by atoms with Gasteiger partial charge >= 0.3 is 0 Å². The van der Waals surface area contributed by atoms with Crippen LogP contribution in [-0.2, 0) is 14.3 Å². The highest BCUT2D eigenvalue weighted by Crippen LogP contribution is 2.43. The van der Waals surface area contributed by atoms with Gasteiger partial charge in [0.2, 0.25) is 5.91 Å². The van der Waals surface area contributed by atoms with Crippen molar-refractivity contribution in [3.05, 3.63) is 0 Å². The average Bonchev–Trinajstić information content (AvgIpc) is 3.03. The molecule has 17 heavy (non-hydrogen) atoms. The summed E-state index contributed by atoms with van der Waals surface area (Å²) in [4.78, 5) is 14.2. The summed E-state index contributed by atoms with van der Waals surface area (Å²) in [6.45, 7) is 5.17. The van der Waals surface area contributed by atoms with Crippen LogP contribution in [-0.4, -0.2) is 42.9 Å². The smallest absolute Gasteiger partial charge is 0.225 e. The molecule has 4 heteroatoms. The quantitative estimate of drug-likeness (QED) is 0.731. The van der Waals surface area contributed by atoms with Gasteiger partial charge in [-0.1, -0.05) is 13.3 Å². The first-order valence-electron chi connectivity index (χ1n) is 6.81. The molecular weight excluding hydrogens is 218 g/mol. The van der Waals surface area contributed by atoms with Crippen LogP contribution < -0.4 is 0 Å². The van der Waals surface area contributed by atoms with Gasteiger partial charge in [-0.15, -0.1) is 0 Å². The molecule has 2 saturated heterocycles. The summed E-state index contributed by atoms with van der Waals surface area (Å²) in [5.41, 5.74) is 0. The number of carbonyl (C=O) groups excluding carboxylic acids is 1. The molecule has 1 amide bonds. The van der Waals surface area contributed by atoms with Crippen LogP contribution in [0.3, 0.4) is 0 Å². The normalized spacial score (nSPS) is 35.2. The molecule has 3 fully saturated rings. The molecule has 1 saturated carbocycles. The summed E-state index contributed by atoms with van der Waals surface area (Å²) in [5, 5.41) is 0. The zero-order valence-electron chi connectivity index (χ0n) is 10.5. The van der Waals surface area contributed by atoms with Gasteiger partial charge in [0.15, 0.2) is 5.79 Å². The van der Waals surface area contributed by atoms with Gasteiger partial charge in [-0.25, -0.2) is 0 Å². The van der Waals surface area contributed by atoms with Crippen molar-refractivity contribution in [2.75, 3.05) is 26.3 Å². The summed E-state index contributed by atoms with van der Waals surface area (Å²) < 4.78 is 11.3. The minimum Gasteiger partial charge on any atom is -0.347 e. The largest absolute Gasteiger partial charge is 0.347 e. The Bertz CT molecular complexity index is 302. The number of hydrogen-bond donors (Lipinski definition) is 0. The minimum absolute atomic E-state index is 0.319. The third-order valence-electron chi connectivity index (χ3n) is 4.41. The first kappa shape index (κ1) is 11.5. The molecule has 0 bridgehead atoms.